The lowest BCUT2D eigenvalue weighted by molar-refractivity contribution is -0.115. The van der Waals surface area contributed by atoms with Crippen LogP contribution in [0.5, 0.6) is 0 Å². The van der Waals surface area contributed by atoms with Crippen molar-refractivity contribution in [2.75, 3.05) is 17.2 Å². The summed E-state index contributed by atoms with van der Waals surface area (Å²) in [5.74, 6) is 0.258. The maximum atomic E-state index is 13.2. The van der Waals surface area contributed by atoms with Gasteiger partial charge in [0.25, 0.3) is 0 Å². The Hall–Kier alpha value is -2.91. The van der Waals surface area contributed by atoms with E-state index in [-0.39, 0.29) is 18.1 Å². The minimum atomic E-state index is -0.279. The molecule has 0 fully saturated rings. The van der Waals surface area contributed by atoms with Crippen LogP contribution >= 0.6 is 22.7 Å². The van der Waals surface area contributed by atoms with Crippen LogP contribution in [0.4, 0.5) is 15.3 Å². The molecule has 9 heteroatoms. The molecular weight excluding hydrogens is 385 g/mol. The molecule has 0 atom stereocenters. The molecule has 0 spiro atoms. The SMILES string of the molecule is O=C(CCNc1ncnc2scc(-c3ccc(F)cc3)c12)Nc1nccs1. The van der Waals surface area contributed by atoms with Crippen molar-refractivity contribution < 1.29 is 9.18 Å². The van der Waals surface area contributed by atoms with Gasteiger partial charge in [-0.2, -0.15) is 0 Å². The number of carbonyl (C=O) groups excluding carboxylic acids is 1. The summed E-state index contributed by atoms with van der Waals surface area (Å²) in [5, 5.41) is 11.2. The second-order valence-electron chi connectivity index (χ2n) is 5.62. The quantitative estimate of drug-likeness (QED) is 0.502. The van der Waals surface area contributed by atoms with E-state index in [0.29, 0.717) is 17.5 Å². The number of carbonyl (C=O) groups is 1. The smallest absolute Gasteiger partial charge is 0.227 e. The third kappa shape index (κ3) is 3.93. The molecule has 0 radical (unpaired) electrons. The average Bonchev–Trinajstić information content (AvgIpc) is 3.32. The molecule has 1 aromatic carbocycles. The van der Waals surface area contributed by atoms with Crippen molar-refractivity contribution in [3.63, 3.8) is 0 Å². The maximum absolute atomic E-state index is 13.2. The molecule has 0 aliphatic heterocycles. The Morgan fingerprint density at radius 1 is 1.11 bits per heavy atom. The van der Waals surface area contributed by atoms with Gasteiger partial charge in [-0.15, -0.1) is 22.7 Å². The fraction of sp³-hybridized carbons (Fsp3) is 0.111. The highest BCUT2D eigenvalue weighted by Crippen LogP contribution is 2.36. The number of hydrogen-bond acceptors (Lipinski definition) is 7. The first-order valence-corrected chi connectivity index (χ1v) is 9.88. The van der Waals surface area contributed by atoms with E-state index in [0.717, 1.165) is 21.3 Å². The monoisotopic (exact) mass is 399 g/mol. The average molecular weight is 399 g/mol. The van der Waals surface area contributed by atoms with Crippen LogP contribution in [-0.4, -0.2) is 27.4 Å². The van der Waals surface area contributed by atoms with Gasteiger partial charge in [-0.25, -0.2) is 19.3 Å². The molecule has 136 valence electrons. The van der Waals surface area contributed by atoms with E-state index in [2.05, 4.69) is 25.6 Å². The van der Waals surface area contributed by atoms with Crippen LogP contribution in [0.15, 0.2) is 47.5 Å². The van der Waals surface area contributed by atoms with E-state index in [1.807, 2.05) is 5.38 Å². The van der Waals surface area contributed by atoms with E-state index in [4.69, 9.17) is 0 Å². The first kappa shape index (κ1) is 17.5. The molecule has 0 unspecified atom stereocenters. The zero-order chi connectivity index (χ0) is 18.6. The van der Waals surface area contributed by atoms with Gasteiger partial charge in [0.1, 0.15) is 22.8 Å². The molecule has 27 heavy (non-hydrogen) atoms. The van der Waals surface area contributed by atoms with Gasteiger partial charge in [0, 0.05) is 35.5 Å². The summed E-state index contributed by atoms with van der Waals surface area (Å²) in [6.07, 6.45) is 3.41. The van der Waals surface area contributed by atoms with Gasteiger partial charge < -0.3 is 10.6 Å². The Labute approximate surface area is 162 Å². The second-order valence-corrected chi connectivity index (χ2v) is 7.37. The Kier molecular flexibility index (Phi) is 5.03. The number of nitrogens with zero attached hydrogens (tertiary/aromatic N) is 3. The van der Waals surface area contributed by atoms with E-state index >= 15 is 0 Å². The van der Waals surface area contributed by atoms with Gasteiger partial charge in [0.05, 0.1) is 5.39 Å². The maximum Gasteiger partial charge on any atom is 0.227 e. The number of benzene rings is 1. The number of fused-ring (bicyclic) bond motifs is 1. The van der Waals surface area contributed by atoms with Gasteiger partial charge in [-0.1, -0.05) is 12.1 Å². The number of halogens is 1. The Bertz CT molecular complexity index is 1060. The van der Waals surface area contributed by atoms with Crippen LogP contribution in [-0.2, 0) is 4.79 Å². The molecule has 1 amide bonds. The van der Waals surface area contributed by atoms with Crippen molar-refractivity contribution >= 4 is 49.7 Å². The standard InChI is InChI=1S/C18H14FN5OS2/c19-12-3-1-11(2-4-12)13-9-27-17-15(13)16(22-10-23-17)20-6-5-14(25)24-18-21-7-8-26-18/h1-4,7-10H,5-6H2,(H,20,22,23)(H,21,24,25). The summed E-state index contributed by atoms with van der Waals surface area (Å²) in [6, 6.07) is 6.32. The number of anilines is 2. The predicted octanol–water partition coefficient (Wildman–Crippen LogP) is 4.39. The summed E-state index contributed by atoms with van der Waals surface area (Å²) in [5.41, 5.74) is 1.83. The fourth-order valence-electron chi connectivity index (χ4n) is 2.61. The lowest BCUT2D eigenvalue weighted by atomic mass is 10.1. The number of thiazole rings is 1. The molecule has 0 bridgehead atoms. The third-order valence-electron chi connectivity index (χ3n) is 3.85. The molecule has 2 N–H and O–H groups in total. The first-order valence-electron chi connectivity index (χ1n) is 8.12. The first-order chi connectivity index (χ1) is 13.2. The normalized spacial score (nSPS) is 10.9. The van der Waals surface area contributed by atoms with Gasteiger partial charge >= 0.3 is 0 Å². The van der Waals surface area contributed by atoms with Crippen molar-refractivity contribution in [2.24, 2.45) is 0 Å². The van der Waals surface area contributed by atoms with Crippen LogP contribution in [0.25, 0.3) is 21.3 Å². The van der Waals surface area contributed by atoms with E-state index in [9.17, 15) is 9.18 Å². The molecule has 4 rings (SSSR count). The van der Waals surface area contributed by atoms with Crippen LogP contribution in [0.1, 0.15) is 6.42 Å². The fourth-order valence-corrected chi connectivity index (χ4v) is 4.07. The van der Waals surface area contributed by atoms with Crippen LogP contribution in [0.2, 0.25) is 0 Å². The molecule has 0 saturated carbocycles. The highest BCUT2D eigenvalue weighted by Gasteiger charge is 2.13. The highest BCUT2D eigenvalue weighted by molar-refractivity contribution is 7.17. The third-order valence-corrected chi connectivity index (χ3v) is 5.42. The lowest BCUT2D eigenvalue weighted by Crippen LogP contribution is -2.16. The van der Waals surface area contributed by atoms with Gasteiger partial charge in [0.2, 0.25) is 5.91 Å². The number of aromatic nitrogens is 3. The van der Waals surface area contributed by atoms with Crippen molar-refractivity contribution in [3.05, 3.63) is 53.4 Å². The number of rotatable bonds is 6. The minimum absolute atomic E-state index is 0.119. The minimum Gasteiger partial charge on any atom is -0.369 e. The number of amides is 1. The summed E-state index contributed by atoms with van der Waals surface area (Å²) < 4.78 is 13.2. The van der Waals surface area contributed by atoms with Gasteiger partial charge in [-0.3, -0.25) is 4.79 Å². The Morgan fingerprint density at radius 2 is 1.96 bits per heavy atom. The van der Waals surface area contributed by atoms with E-state index < -0.39 is 0 Å². The topological polar surface area (TPSA) is 79.8 Å². The molecular formula is C18H14FN5OS2. The Morgan fingerprint density at radius 3 is 2.74 bits per heavy atom. The largest absolute Gasteiger partial charge is 0.369 e. The van der Waals surface area contributed by atoms with Crippen LogP contribution < -0.4 is 10.6 Å². The number of thiophene rings is 1. The molecule has 3 heterocycles. The molecule has 0 saturated heterocycles. The van der Waals surface area contributed by atoms with Crippen LogP contribution in [0, 0.1) is 5.82 Å². The zero-order valence-corrected chi connectivity index (χ0v) is 15.6. The zero-order valence-electron chi connectivity index (χ0n) is 14.0. The summed E-state index contributed by atoms with van der Waals surface area (Å²) in [6.45, 7) is 0.419. The second kappa shape index (κ2) is 7.77. The van der Waals surface area contributed by atoms with Crippen molar-refractivity contribution in [2.45, 2.75) is 6.42 Å². The van der Waals surface area contributed by atoms with Crippen molar-refractivity contribution in [3.8, 4) is 11.1 Å². The van der Waals surface area contributed by atoms with Crippen LogP contribution in [0.3, 0.4) is 0 Å². The lowest BCUT2D eigenvalue weighted by Gasteiger charge is -2.08. The van der Waals surface area contributed by atoms with E-state index in [1.54, 1.807) is 23.7 Å². The number of nitrogens with one attached hydrogen (secondary N) is 2. The highest BCUT2D eigenvalue weighted by atomic mass is 32.1. The summed E-state index contributed by atoms with van der Waals surface area (Å²) in [7, 11) is 0. The summed E-state index contributed by atoms with van der Waals surface area (Å²) >= 11 is 2.87. The van der Waals surface area contributed by atoms with Crippen molar-refractivity contribution in [1.29, 1.82) is 0 Å². The summed E-state index contributed by atoms with van der Waals surface area (Å²) in [4.78, 5) is 25.5. The molecule has 0 aliphatic carbocycles. The van der Waals surface area contributed by atoms with Crippen molar-refractivity contribution in [1.82, 2.24) is 15.0 Å². The van der Waals surface area contributed by atoms with Gasteiger partial charge in [0.15, 0.2) is 5.13 Å². The predicted molar refractivity (Wildman–Crippen MR) is 107 cm³/mol. The van der Waals surface area contributed by atoms with Gasteiger partial charge in [-0.05, 0) is 17.7 Å². The molecule has 0 aliphatic rings. The molecule has 4 aromatic rings. The number of hydrogen-bond donors (Lipinski definition) is 2. The molecule has 6 nitrogen and oxygen atoms in total. The Balaban J connectivity index is 1.51. The van der Waals surface area contributed by atoms with E-state index in [1.165, 1.54) is 41.1 Å². The molecule has 3 aromatic heterocycles.